The van der Waals surface area contributed by atoms with Crippen molar-refractivity contribution < 1.29 is 14.7 Å². The van der Waals surface area contributed by atoms with Crippen LogP contribution in [0.4, 0.5) is 10.5 Å². The Labute approximate surface area is 99.8 Å². The van der Waals surface area contributed by atoms with Gasteiger partial charge in [-0.1, -0.05) is 25.1 Å². The third-order valence-electron chi connectivity index (χ3n) is 2.63. The number of carbonyl (C=O) groups is 2. The molecule has 0 bridgehead atoms. The summed E-state index contributed by atoms with van der Waals surface area (Å²) in [4.78, 5) is 23.2. The molecule has 0 fully saturated rings. The minimum absolute atomic E-state index is 0.364. The first kappa shape index (κ1) is 13.0. The molecule has 0 aromatic heterocycles. The Balaban J connectivity index is 3.00. The van der Waals surface area contributed by atoms with E-state index in [9.17, 15) is 9.59 Å². The third-order valence-corrected chi connectivity index (χ3v) is 2.63. The van der Waals surface area contributed by atoms with Gasteiger partial charge >= 0.3 is 12.0 Å². The molecule has 3 N–H and O–H groups in total. The molecule has 0 radical (unpaired) electrons. The predicted octanol–water partition coefficient (Wildman–Crippen LogP) is 1.46. The van der Waals surface area contributed by atoms with Gasteiger partial charge in [-0.3, -0.25) is 9.69 Å². The number of para-hydroxylation sites is 1. The number of hydrogen-bond acceptors (Lipinski definition) is 2. The maximum Gasteiger partial charge on any atom is 0.319 e. The van der Waals surface area contributed by atoms with Crippen molar-refractivity contribution in [1.29, 1.82) is 0 Å². The molecular weight excluding hydrogens is 220 g/mol. The normalized spacial score (nSPS) is 11.9. The van der Waals surface area contributed by atoms with Crippen LogP contribution in [0.1, 0.15) is 12.5 Å². The van der Waals surface area contributed by atoms with Crippen molar-refractivity contribution in [2.75, 3.05) is 11.9 Å². The number of hydrogen-bond donors (Lipinski definition) is 2. The average molecular weight is 236 g/mol. The first-order chi connectivity index (χ1) is 7.93. The van der Waals surface area contributed by atoms with E-state index >= 15 is 0 Å². The third kappa shape index (κ3) is 3.21. The molecule has 5 nitrogen and oxygen atoms in total. The number of urea groups is 1. The van der Waals surface area contributed by atoms with Crippen molar-refractivity contribution in [3.63, 3.8) is 0 Å². The highest BCUT2D eigenvalue weighted by Crippen LogP contribution is 2.22. The van der Waals surface area contributed by atoms with Crippen LogP contribution in [0.15, 0.2) is 24.3 Å². The van der Waals surface area contributed by atoms with Crippen LogP contribution >= 0.6 is 0 Å². The number of primary amides is 1. The first-order valence-electron chi connectivity index (χ1n) is 5.27. The second-order valence-electron chi connectivity index (χ2n) is 3.97. The lowest BCUT2D eigenvalue weighted by Gasteiger charge is -2.19. The smallest absolute Gasteiger partial charge is 0.319 e. The van der Waals surface area contributed by atoms with E-state index in [2.05, 4.69) is 0 Å². The largest absolute Gasteiger partial charge is 0.481 e. The summed E-state index contributed by atoms with van der Waals surface area (Å²) in [6.45, 7) is 1.63. The Morgan fingerprint density at radius 3 is 2.53 bits per heavy atom. The Morgan fingerprint density at radius 1 is 1.41 bits per heavy atom. The van der Waals surface area contributed by atoms with E-state index < -0.39 is 17.9 Å². The number of carbonyl (C=O) groups excluding carboxylic acids is 1. The second-order valence-corrected chi connectivity index (χ2v) is 3.97. The van der Waals surface area contributed by atoms with Crippen LogP contribution in [0.2, 0.25) is 0 Å². The van der Waals surface area contributed by atoms with Gasteiger partial charge in [-0.25, -0.2) is 4.79 Å². The van der Waals surface area contributed by atoms with Crippen LogP contribution in [-0.4, -0.2) is 24.2 Å². The molecule has 1 aromatic rings. The van der Waals surface area contributed by atoms with Gasteiger partial charge in [-0.15, -0.1) is 0 Å². The van der Waals surface area contributed by atoms with E-state index in [1.54, 1.807) is 32.2 Å². The number of carboxylic acid groups (broad SMARTS) is 1. The lowest BCUT2D eigenvalue weighted by Crippen LogP contribution is -2.32. The molecule has 5 heteroatoms. The van der Waals surface area contributed by atoms with Gasteiger partial charge in [0.1, 0.15) is 0 Å². The van der Waals surface area contributed by atoms with E-state index in [4.69, 9.17) is 10.8 Å². The van der Waals surface area contributed by atoms with E-state index in [-0.39, 0.29) is 0 Å². The quantitative estimate of drug-likeness (QED) is 0.830. The highest BCUT2D eigenvalue weighted by molar-refractivity contribution is 5.91. The summed E-state index contributed by atoms with van der Waals surface area (Å²) in [6.07, 6.45) is 0.364. The van der Waals surface area contributed by atoms with Crippen LogP contribution in [0, 0.1) is 5.92 Å². The van der Waals surface area contributed by atoms with Crippen LogP contribution in [0.5, 0.6) is 0 Å². The van der Waals surface area contributed by atoms with Gasteiger partial charge in [0.2, 0.25) is 0 Å². The molecule has 17 heavy (non-hydrogen) atoms. The number of anilines is 1. The van der Waals surface area contributed by atoms with Gasteiger partial charge in [-0.05, 0) is 18.1 Å². The van der Waals surface area contributed by atoms with Crippen molar-refractivity contribution in [1.82, 2.24) is 0 Å². The van der Waals surface area contributed by atoms with E-state index in [1.807, 2.05) is 6.07 Å². The summed E-state index contributed by atoms with van der Waals surface area (Å²) < 4.78 is 0. The zero-order valence-corrected chi connectivity index (χ0v) is 9.88. The molecule has 0 aliphatic heterocycles. The Kier molecular flexibility index (Phi) is 4.09. The molecule has 1 unspecified atom stereocenters. The average Bonchev–Trinajstić information content (AvgIpc) is 2.28. The van der Waals surface area contributed by atoms with Crippen LogP contribution in [0.25, 0.3) is 0 Å². The monoisotopic (exact) mass is 236 g/mol. The number of rotatable bonds is 4. The molecule has 0 aliphatic carbocycles. The molecule has 0 spiro atoms. The van der Waals surface area contributed by atoms with Gasteiger partial charge in [0.15, 0.2) is 0 Å². The number of nitrogens with zero attached hydrogens (tertiary/aromatic N) is 1. The van der Waals surface area contributed by atoms with E-state index in [0.29, 0.717) is 12.1 Å². The number of benzene rings is 1. The van der Waals surface area contributed by atoms with Crippen molar-refractivity contribution >= 4 is 17.7 Å². The summed E-state index contributed by atoms with van der Waals surface area (Å²) >= 11 is 0. The lowest BCUT2D eigenvalue weighted by molar-refractivity contribution is -0.141. The Hall–Kier alpha value is -2.04. The number of carboxylic acids is 1. The van der Waals surface area contributed by atoms with Crippen LogP contribution in [-0.2, 0) is 11.2 Å². The molecule has 2 amide bonds. The maximum atomic E-state index is 11.1. The zero-order chi connectivity index (χ0) is 13.0. The van der Waals surface area contributed by atoms with Gasteiger partial charge in [0, 0.05) is 12.7 Å². The highest BCUT2D eigenvalue weighted by Gasteiger charge is 2.16. The minimum atomic E-state index is -0.860. The molecule has 1 atom stereocenters. The minimum Gasteiger partial charge on any atom is -0.481 e. The standard InChI is InChI=1S/C12H16N2O3/c1-8(11(15)16)7-9-5-3-4-6-10(9)14(2)12(13)17/h3-6,8H,7H2,1-2H3,(H2,13,17)(H,15,16). The summed E-state index contributed by atoms with van der Waals surface area (Å²) in [5.41, 5.74) is 6.64. The van der Waals surface area contributed by atoms with Gasteiger partial charge in [0.25, 0.3) is 0 Å². The lowest BCUT2D eigenvalue weighted by atomic mass is 9.99. The van der Waals surface area contributed by atoms with E-state index in [1.165, 1.54) is 4.90 Å². The number of nitrogens with two attached hydrogens (primary N) is 1. The number of amides is 2. The molecule has 0 aliphatic rings. The van der Waals surface area contributed by atoms with Crippen molar-refractivity contribution in [2.24, 2.45) is 11.7 Å². The zero-order valence-electron chi connectivity index (χ0n) is 9.88. The Bertz CT molecular complexity index is 432. The topological polar surface area (TPSA) is 83.6 Å². The van der Waals surface area contributed by atoms with Gasteiger partial charge < -0.3 is 10.8 Å². The van der Waals surface area contributed by atoms with Crippen molar-refractivity contribution in [3.8, 4) is 0 Å². The molecule has 1 rings (SSSR count). The summed E-state index contributed by atoms with van der Waals surface area (Å²) in [5, 5.41) is 8.88. The second kappa shape index (κ2) is 5.34. The summed E-state index contributed by atoms with van der Waals surface area (Å²) in [6, 6.07) is 6.56. The molecule has 0 saturated carbocycles. The maximum absolute atomic E-state index is 11.1. The molecule has 1 aromatic carbocycles. The fraction of sp³-hybridized carbons (Fsp3) is 0.333. The molecular formula is C12H16N2O3. The van der Waals surface area contributed by atoms with Gasteiger partial charge in [-0.2, -0.15) is 0 Å². The predicted molar refractivity (Wildman–Crippen MR) is 64.9 cm³/mol. The summed E-state index contributed by atoms with van der Waals surface area (Å²) in [5.74, 6) is -1.36. The fourth-order valence-corrected chi connectivity index (χ4v) is 1.55. The fourth-order valence-electron chi connectivity index (χ4n) is 1.55. The first-order valence-corrected chi connectivity index (χ1v) is 5.27. The van der Waals surface area contributed by atoms with Crippen LogP contribution < -0.4 is 10.6 Å². The highest BCUT2D eigenvalue weighted by atomic mass is 16.4. The SMILES string of the molecule is CC(Cc1ccccc1N(C)C(N)=O)C(=O)O. The molecule has 0 saturated heterocycles. The number of aliphatic carboxylic acids is 1. The van der Waals surface area contributed by atoms with E-state index in [0.717, 1.165) is 5.56 Å². The van der Waals surface area contributed by atoms with Crippen LogP contribution in [0.3, 0.4) is 0 Å². The molecule has 92 valence electrons. The Morgan fingerprint density at radius 2 is 2.00 bits per heavy atom. The van der Waals surface area contributed by atoms with Gasteiger partial charge in [0.05, 0.1) is 5.92 Å². The summed E-state index contributed by atoms with van der Waals surface area (Å²) in [7, 11) is 1.56. The van der Waals surface area contributed by atoms with Crippen molar-refractivity contribution in [2.45, 2.75) is 13.3 Å². The molecule has 0 heterocycles. The van der Waals surface area contributed by atoms with Crippen molar-refractivity contribution in [3.05, 3.63) is 29.8 Å².